The molecular weight excluding hydrogens is 274 g/mol. The molecule has 0 aromatic carbocycles. The topological polar surface area (TPSA) is 89.6 Å². The fourth-order valence-corrected chi connectivity index (χ4v) is 1.44. The second-order valence-corrected chi connectivity index (χ2v) is 5.28. The van der Waals surface area contributed by atoms with Gasteiger partial charge in [0.05, 0.1) is 7.11 Å². The minimum absolute atomic E-state index is 0.225. The van der Waals surface area contributed by atoms with E-state index in [1.54, 1.807) is 32.9 Å². The molecule has 0 radical (unpaired) electrons. The van der Waals surface area contributed by atoms with E-state index < -0.39 is 17.7 Å². The normalized spacial score (nSPS) is 10.7. The van der Waals surface area contributed by atoms with Crippen LogP contribution in [0.3, 0.4) is 0 Å². The molecule has 21 heavy (non-hydrogen) atoms. The molecule has 0 aliphatic carbocycles. The number of pyridine rings is 1. The summed E-state index contributed by atoms with van der Waals surface area (Å²) in [5.41, 5.74) is 0.428. The fraction of sp³-hybridized carbons (Fsp3) is 0.500. The van der Waals surface area contributed by atoms with Crippen molar-refractivity contribution in [3.05, 3.63) is 24.0 Å². The number of amides is 1. The first-order valence-electron chi connectivity index (χ1n) is 6.57. The van der Waals surface area contributed by atoms with E-state index >= 15 is 0 Å². The first-order valence-corrected chi connectivity index (χ1v) is 6.57. The van der Waals surface area contributed by atoms with Crippen molar-refractivity contribution < 1.29 is 19.1 Å². The Balaban J connectivity index is 2.36. The van der Waals surface area contributed by atoms with Gasteiger partial charge in [-0.1, -0.05) is 0 Å². The number of rotatable bonds is 5. The van der Waals surface area contributed by atoms with Crippen LogP contribution in [0.5, 0.6) is 0 Å². The van der Waals surface area contributed by atoms with Gasteiger partial charge in [-0.2, -0.15) is 0 Å². The molecule has 0 saturated carbocycles. The van der Waals surface area contributed by atoms with Crippen molar-refractivity contribution in [3.63, 3.8) is 0 Å². The van der Waals surface area contributed by atoms with Crippen LogP contribution in [0.4, 0.5) is 10.5 Å². The molecule has 0 fully saturated rings. The van der Waals surface area contributed by atoms with Crippen molar-refractivity contribution in [1.82, 2.24) is 10.3 Å². The van der Waals surface area contributed by atoms with E-state index in [4.69, 9.17) is 4.74 Å². The molecule has 0 atom stereocenters. The van der Waals surface area contributed by atoms with Gasteiger partial charge < -0.3 is 20.1 Å². The number of anilines is 1. The highest BCUT2D eigenvalue weighted by molar-refractivity contribution is 5.88. The summed E-state index contributed by atoms with van der Waals surface area (Å²) in [6, 6.07) is 3.30. The molecule has 7 nitrogen and oxygen atoms in total. The van der Waals surface area contributed by atoms with Crippen LogP contribution in [-0.2, 0) is 9.47 Å². The van der Waals surface area contributed by atoms with E-state index in [0.29, 0.717) is 13.1 Å². The number of aromatic nitrogens is 1. The van der Waals surface area contributed by atoms with Crippen molar-refractivity contribution in [1.29, 1.82) is 0 Å². The number of nitrogens with one attached hydrogen (secondary N) is 2. The van der Waals surface area contributed by atoms with Gasteiger partial charge in [-0.05, 0) is 32.9 Å². The van der Waals surface area contributed by atoms with Crippen molar-refractivity contribution in [2.24, 2.45) is 0 Å². The minimum Gasteiger partial charge on any atom is -0.464 e. The van der Waals surface area contributed by atoms with E-state index in [9.17, 15) is 9.59 Å². The minimum atomic E-state index is -0.516. The SMILES string of the molecule is COC(=O)c1cc(NCCNC(=O)OC(C)(C)C)ccn1. The van der Waals surface area contributed by atoms with Crippen LogP contribution < -0.4 is 10.6 Å². The quantitative estimate of drug-likeness (QED) is 0.636. The monoisotopic (exact) mass is 295 g/mol. The lowest BCUT2D eigenvalue weighted by Gasteiger charge is -2.19. The lowest BCUT2D eigenvalue weighted by Crippen LogP contribution is -2.35. The fourth-order valence-electron chi connectivity index (χ4n) is 1.44. The highest BCUT2D eigenvalue weighted by Gasteiger charge is 2.15. The number of hydrogen-bond donors (Lipinski definition) is 2. The molecule has 7 heteroatoms. The second kappa shape index (κ2) is 7.47. The molecule has 0 aliphatic rings. The number of alkyl carbamates (subject to hydrolysis) is 1. The average Bonchev–Trinajstić information content (AvgIpc) is 2.41. The number of carbonyl (C=O) groups is 2. The molecule has 0 bridgehead atoms. The van der Waals surface area contributed by atoms with Gasteiger partial charge in [0.2, 0.25) is 0 Å². The maximum Gasteiger partial charge on any atom is 0.407 e. The smallest absolute Gasteiger partial charge is 0.407 e. The lowest BCUT2D eigenvalue weighted by atomic mass is 10.2. The number of hydrogen-bond acceptors (Lipinski definition) is 6. The average molecular weight is 295 g/mol. The molecule has 116 valence electrons. The molecule has 0 unspecified atom stereocenters. The highest BCUT2D eigenvalue weighted by atomic mass is 16.6. The largest absolute Gasteiger partial charge is 0.464 e. The van der Waals surface area contributed by atoms with Crippen LogP contribution in [0.15, 0.2) is 18.3 Å². The van der Waals surface area contributed by atoms with Gasteiger partial charge in [-0.15, -0.1) is 0 Å². The Morgan fingerprint density at radius 3 is 2.62 bits per heavy atom. The highest BCUT2D eigenvalue weighted by Crippen LogP contribution is 2.08. The summed E-state index contributed by atoms with van der Waals surface area (Å²) in [6.07, 6.45) is 1.05. The van der Waals surface area contributed by atoms with E-state index in [0.717, 1.165) is 5.69 Å². The van der Waals surface area contributed by atoms with Gasteiger partial charge in [0, 0.05) is 25.0 Å². The summed E-state index contributed by atoms with van der Waals surface area (Å²) in [7, 11) is 1.30. The molecule has 1 amide bonds. The van der Waals surface area contributed by atoms with Crippen molar-refractivity contribution in [2.75, 3.05) is 25.5 Å². The van der Waals surface area contributed by atoms with Crippen LogP contribution in [0.1, 0.15) is 31.3 Å². The van der Waals surface area contributed by atoms with E-state index in [1.807, 2.05) is 0 Å². The zero-order chi connectivity index (χ0) is 15.9. The molecule has 1 aromatic heterocycles. The predicted molar refractivity (Wildman–Crippen MR) is 78.3 cm³/mol. The van der Waals surface area contributed by atoms with Crippen LogP contribution in [0.25, 0.3) is 0 Å². The van der Waals surface area contributed by atoms with E-state index in [2.05, 4.69) is 20.4 Å². The molecule has 0 spiro atoms. The van der Waals surface area contributed by atoms with E-state index in [1.165, 1.54) is 13.3 Å². The number of esters is 1. The first kappa shape index (κ1) is 16.7. The Hall–Kier alpha value is -2.31. The van der Waals surface area contributed by atoms with Crippen molar-refractivity contribution in [3.8, 4) is 0 Å². The van der Waals surface area contributed by atoms with Gasteiger partial charge in [0.25, 0.3) is 0 Å². The number of ether oxygens (including phenoxy) is 2. The van der Waals surface area contributed by atoms with Gasteiger partial charge in [0.15, 0.2) is 0 Å². The summed E-state index contributed by atoms with van der Waals surface area (Å²) < 4.78 is 9.70. The van der Waals surface area contributed by atoms with Crippen LogP contribution >= 0.6 is 0 Å². The van der Waals surface area contributed by atoms with Crippen molar-refractivity contribution in [2.45, 2.75) is 26.4 Å². The number of methoxy groups -OCH3 is 1. The standard InChI is InChI=1S/C14H21N3O4/c1-14(2,3)21-13(19)17-8-7-15-10-5-6-16-11(9-10)12(18)20-4/h5-6,9H,7-8H2,1-4H3,(H,15,16)(H,17,19). The lowest BCUT2D eigenvalue weighted by molar-refractivity contribution is 0.0528. The molecule has 2 N–H and O–H groups in total. The Kier molecular flexibility index (Phi) is 5.95. The zero-order valence-corrected chi connectivity index (χ0v) is 12.7. The summed E-state index contributed by atoms with van der Waals surface area (Å²) in [5, 5.41) is 5.69. The molecule has 0 saturated heterocycles. The summed E-state index contributed by atoms with van der Waals surface area (Å²) in [6.45, 7) is 6.29. The summed E-state index contributed by atoms with van der Waals surface area (Å²) in [4.78, 5) is 26.7. The third-order valence-electron chi connectivity index (χ3n) is 2.28. The second-order valence-electron chi connectivity index (χ2n) is 5.28. The molecule has 1 heterocycles. The Labute approximate surface area is 124 Å². The molecule has 1 aromatic rings. The third-order valence-corrected chi connectivity index (χ3v) is 2.28. The molecular formula is C14H21N3O4. The predicted octanol–water partition coefficient (Wildman–Crippen LogP) is 1.80. The number of nitrogens with zero attached hydrogens (tertiary/aromatic N) is 1. The van der Waals surface area contributed by atoms with Gasteiger partial charge in [0.1, 0.15) is 11.3 Å². The first-order chi connectivity index (χ1) is 9.81. The maximum absolute atomic E-state index is 11.4. The Morgan fingerprint density at radius 1 is 1.29 bits per heavy atom. The molecule has 0 aliphatic heterocycles. The van der Waals surface area contributed by atoms with Gasteiger partial charge >= 0.3 is 12.1 Å². The van der Waals surface area contributed by atoms with Gasteiger partial charge in [-0.3, -0.25) is 0 Å². The van der Waals surface area contributed by atoms with Crippen LogP contribution in [-0.4, -0.2) is 42.8 Å². The molecule has 1 rings (SSSR count). The maximum atomic E-state index is 11.4. The van der Waals surface area contributed by atoms with Crippen LogP contribution in [0, 0.1) is 0 Å². The Morgan fingerprint density at radius 2 is 2.00 bits per heavy atom. The summed E-state index contributed by atoms with van der Waals surface area (Å²) in [5.74, 6) is -0.495. The van der Waals surface area contributed by atoms with Crippen LogP contribution in [0.2, 0.25) is 0 Å². The van der Waals surface area contributed by atoms with Gasteiger partial charge in [-0.25, -0.2) is 14.6 Å². The van der Waals surface area contributed by atoms with Crippen molar-refractivity contribution >= 4 is 17.7 Å². The summed E-state index contributed by atoms with van der Waals surface area (Å²) >= 11 is 0. The number of carbonyl (C=O) groups excluding carboxylic acids is 2. The Bertz CT molecular complexity index is 497. The van der Waals surface area contributed by atoms with E-state index in [-0.39, 0.29) is 5.69 Å². The zero-order valence-electron chi connectivity index (χ0n) is 12.7. The third kappa shape index (κ3) is 6.60.